The van der Waals surface area contributed by atoms with Crippen molar-refractivity contribution < 1.29 is 14.6 Å². The number of aliphatic hydroxyl groups is 1. The molecule has 0 spiro atoms. The molecule has 0 aromatic heterocycles. The normalized spacial score (nSPS) is 20.1. The van der Waals surface area contributed by atoms with Crippen LogP contribution in [0.15, 0.2) is 18.2 Å². The number of benzene rings is 1. The Morgan fingerprint density at radius 3 is 2.67 bits per heavy atom. The zero-order chi connectivity index (χ0) is 19.1. The lowest BCUT2D eigenvalue weighted by atomic mass is 10.1. The molecule has 2 heterocycles. The molecule has 6 heteroatoms. The number of ether oxygens (including phenoxy) is 2. The molecule has 27 heavy (non-hydrogen) atoms. The SMILES string of the molecule is COc1cc(CN(C)C2CCSCC2)ccc1OC[C@H](O)CN1CCCC1. The van der Waals surface area contributed by atoms with E-state index in [-0.39, 0.29) is 0 Å². The van der Waals surface area contributed by atoms with Crippen LogP contribution < -0.4 is 9.47 Å². The zero-order valence-corrected chi connectivity index (χ0v) is 17.5. The van der Waals surface area contributed by atoms with E-state index in [0.717, 1.165) is 25.4 Å². The summed E-state index contributed by atoms with van der Waals surface area (Å²) in [5.74, 6) is 3.99. The summed E-state index contributed by atoms with van der Waals surface area (Å²) in [6.45, 7) is 4.07. The van der Waals surface area contributed by atoms with E-state index in [2.05, 4.69) is 40.7 Å². The summed E-state index contributed by atoms with van der Waals surface area (Å²) >= 11 is 2.06. The summed E-state index contributed by atoms with van der Waals surface area (Å²) in [5.41, 5.74) is 1.23. The van der Waals surface area contributed by atoms with Crippen LogP contribution >= 0.6 is 11.8 Å². The molecule has 0 saturated carbocycles. The van der Waals surface area contributed by atoms with Crippen molar-refractivity contribution in [2.75, 3.05) is 51.9 Å². The molecule has 1 aromatic rings. The van der Waals surface area contributed by atoms with Crippen molar-refractivity contribution in [3.05, 3.63) is 23.8 Å². The first-order valence-corrected chi connectivity index (χ1v) is 11.3. The Labute approximate surface area is 168 Å². The largest absolute Gasteiger partial charge is 0.493 e. The Balaban J connectivity index is 1.51. The number of hydrogen-bond donors (Lipinski definition) is 1. The molecule has 1 atom stereocenters. The number of aliphatic hydroxyl groups excluding tert-OH is 1. The molecule has 2 fully saturated rings. The van der Waals surface area contributed by atoms with Gasteiger partial charge in [0, 0.05) is 19.1 Å². The van der Waals surface area contributed by atoms with Crippen LogP contribution in [0.5, 0.6) is 11.5 Å². The molecule has 2 aliphatic rings. The van der Waals surface area contributed by atoms with Gasteiger partial charge in [0.1, 0.15) is 12.7 Å². The van der Waals surface area contributed by atoms with Crippen LogP contribution in [0.4, 0.5) is 0 Å². The van der Waals surface area contributed by atoms with Gasteiger partial charge in [-0.3, -0.25) is 4.90 Å². The summed E-state index contributed by atoms with van der Waals surface area (Å²) in [6.07, 6.45) is 4.54. The molecule has 0 bridgehead atoms. The second kappa shape index (κ2) is 10.6. The molecule has 2 aliphatic heterocycles. The second-order valence-electron chi connectivity index (χ2n) is 7.72. The van der Waals surface area contributed by atoms with Crippen molar-refractivity contribution in [1.82, 2.24) is 9.80 Å². The fourth-order valence-corrected chi connectivity index (χ4v) is 5.06. The Morgan fingerprint density at radius 1 is 1.22 bits per heavy atom. The Morgan fingerprint density at radius 2 is 1.96 bits per heavy atom. The van der Waals surface area contributed by atoms with Crippen molar-refractivity contribution >= 4 is 11.8 Å². The molecule has 2 saturated heterocycles. The molecule has 0 aliphatic carbocycles. The topological polar surface area (TPSA) is 45.2 Å². The van der Waals surface area contributed by atoms with E-state index < -0.39 is 6.10 Å². The van der Waals surface area contributed by atoms with Gasteiger partial charge in [-0.15, -0.1) is 0 Å². The molecule has 3 rings (SSSR count). The van der Waals surface area contributed by atoms with E-state index in [1.807, 2.05) is 6.07 Å². The van der Waals surface area contributed by atoms with E-state index in [0.29, 0.717) is 24.9 Å². The Bertz CT molecular complexity index is 575. The minimum absolute atomic E-state index is 0.297. The molecule has 0 unspecified atom stereocenters. The molecule has 1 aromatic carbocycles. The van der Waals surface area contributed by atoms with Gasteiger partial charge in [0.05, 0.1) is 7.11 Å². The van der Waals surface area contributed by atoms with Crippen molar-refractivity contribution in [2.24, 2.45) is 0 Å². The number of likely N-dealkylation sites (tertiary alicyclic amines) is 1. The average Bonchev–Trinajstić information content (AvgIpc) is 3.20. The summed E-state index contributed by atoms with van der Waals surface area (Å²) in [7, 11) is 3.89. The fourth-order valence-electron chi connectivity index (χ4n) is 3.97. The summed E-state index contributed by atoms with van der Waals surface area (Å²) in [4.78, 5) is 4.75. The van der Waals surface area contributed by atoms with Crippen LogP contribution in [0.25, 0.3) is 0 Å². The monoisotopic (exact) mass is 394 g/mol. The van der Waals surface area contributed by atoms with Crippen LogP contribution in [0.1, 0.15) is 31.2 Å². The highest BCUT2D eigenvalue weighted by Crippen LogP contribution is 2.29. The molecule has 152 valence electrons. The lowest BCUT2D eigenvalue weighted by Gasteiger charge is -2.31. The Hall–Kier alpha value is -0.950. The number of methoxy groups -OCH3 is 1. The van der Waals surface area contributed by atoms with Crippen molar-refractivity contribution in [2.45, 2.75) is 44.4 Å². The highest BCUT2D eigenvalue weighted by molar-refractivity contribution is 7.99. The highest BCUT2D eigenvalue weighted by atomic mass is 32.2. The van der Waals surface area contributed by atoms with E-state index >= 15 is 0 Å². The number of β-amino-alcohol motifs (C(OH)–C–C–N with tert-alkyl or cyclic N) is 1. The van der Waals surface area contributed by atoms with Gasteiger partial charge in [0.15, 0.2) is 11.5 Å². The standard InChI is InChI=1S/C21H34N2O3S/c1-22(18-7-11-27-12-8-18)14-17-5-6-20(21(13-17)25-2)26-16-19(24)15-23-9-3-4-10-23/h5-6,13,18-19,24H,3-4,7-12,14-16H2,1-2H3/t19-/m1/s1. The lowest BCUT2D eigenvalue weighted by Crippen LogP contribution is -2.34. The molecular formula is C21H34N2O3S. The maximum absolute atomic E-state index is 10.2. The summed E-state index contributed by atoms with van der Waals surface area (Å²) in [6, 6.07) is 6.82. The van der Waals surface area contributed by atoms with Crippen LogP contribution in [-0.2, 0) is 6.54 Å². The maximum atomic E-state index is 10.2. The fraction of sp³-hybridized carbons (Fsp3) is 0.714. The first kappa shape index (κ1) is 20.8. The van der Waals surface area contributed by atoms with E-state index in [9.17, 15) is 5.11 Å². The smallest absolute Gasteiger partial charge is 0.161 e. The van der Waals surface area contributed by atoms with Crippen LogP contribution in [-0.4, -0.2) is 79.0 Å². The van der Waals surface area contributed by atoms with E-state index in [4.69, 9.17) is 9.47 Å². The van der Waals surface area contributed by atoms with Crippen molar-refractivity contribution in [1.29, 1.82) is 0 Å². The Kier molecular flexibility index (Phi) is 8.12. The second-order valence-corrected chi connectivity index (χ2v) is 8.94. The number of rotatable bonds is 9. The van der Waals surface area contributed by atoms with Crippen LogP contribution in [0.2, 0.25) is 0 Å². The minimum Gasteiger partial charge on any atom is -0.493 e. The predicted octanol–water partition coefficient (Wildman–Crippen LogP) is 2.86. The van der Waals surface area contributed by atoms with Gasteiger partial charge in [-0.1, -0.05) is 6.07 Å². The van der Waals surface area contributed by atoms with Gasteiger partial charge >= 0.3 is 0 Å². The van der Waals surface area contributed by atoms with Crippen molar-refractivity contribution in [3.8, 4) is 11.5 Å². The maximum Gasteiger partial charge on any atom is 0.161 e. The third kappa shape index (κ3) is 6.28. The number of nitrogens with zero attached hydrogens (tertiary/aromatic N) is 2. The van der Waals surface area contributed by atoms with E-state index in [1.54, 1.807) is 7.11 Å². The van der Waals surface area contributed by atoms with Gasteiger partial charge in [0.25, 0.3) is 0 Å². The molecular weight excluding hydrogens is 360 g/mol. The predicted molar refractivity (Wildman–Crippen MR) is 112 cm³/mol. The number of thioether (sulfide) groups is 1. The van der Waals surface area contributed by atoms with Gasteiger partial charge < -0.3 is 19.5 Å². The quantitative estimate of drug-likeness (QED) is 0.695. The van der Waals surface area contributed by atoms with Gasteiger partial charge in [-0.2, -0.15) is 11.8 Å². The minimum atomic E-state index is -0.470. The first-order chi connectivity index (χ1) is 13.2. The molecule has 1 N–H and O–H groups in total. The van der Waals surface area contributed by atoms with Gasteiger partial charge in [-0.05, 0) is 75.0 Å². The molecule has 0 radical (unpaired) electrons. The van der Waals surface area contributed by atoms with Gasteiger partial charge in [0.2, 0.25) is 0 Å². The zero-order valence-electron chi connectivity index (χ0n) is 16.7. The lowest BCUT2D eigenvalue weighted by molar-refractivity contribution is 0.0747. The summed E-state index contributed by atoms with van der Waals surface area (Å²) < 4.78 is 11.4. The first-order valence-electron chi connectivity index (χ1n) is 10.1. The summed E-state index contributed by atoms with van der Waals surface area (Å²) in [5, 5.41) is 10.2. The number of hydrogen-bond acceptors (Lipinski definition) is 6. The third-order valence-corrected chi connectivity index (χ3v) is 6.62. The third-order valence-electron chi connectivity index (χ3n) is 5.57. The van der Waals surface area contributed by atoms with Crippen LogP contribution in [0, 0.1) is 0 Å². The van der Waals surface area contributed by atoms with E-state index in [1.165, 1.54) is 42.8 Å². The van der Waals surface area contributed by atoms with Crippen molar-refractivity contribution in [3.63, 3.8) is 0 Å². The van der Waals surface area contributed by atoms with Crippen LogP contribution in [0.3, 0.4) is 0 Å². The molecule has 5 nitrogen and oxygen atoms in total. The molecule has 0 amide bonds. The van der Waals surface area contributed by atoms with Gasteiger partial charge in [-0.25, -0.2) is 0 Å². The average molecular weight is 395 g/mol. The highest BCUT2D eigenvalue weighted by Gasteiger charge is 2.19.